The number of rotatable bonds is 2. The molecule has 1 heterocycles. The predicted octanol–water partition coefficient (Wildman–Crippen LogP) is 4.32. The van der Waals surface area contributed by atoms with Gasteiger partial charge in [-0.05, 0) is 12.8 Å². The van der Waals surface area contributed by atoms with Crippen molar-refractivity contribution in [1.29, 1.82) is 0 Å². The highest BCUT2D eigenvalue weighted by atomic mass is 32.1. The Morgan fingerprint density at radius 2 is 2.00 bits per heavy atom. The zero-order valence-corrected chi connectivity index (χ0v) is 11.5. The van der Waals surface area contributed by atoms with Gasteiger partial charge in [0, 0.05) is 12.0 Å². The standard InChI is InChI=1S/C14H13F2NO2S/c15-8-6-9-12(11(16)10(8)14(18)19)20-13(17-9)7-4-2-1-3-5-7/h6-7H,1-5H2,(H,18,19). The molecule has 0 unspecified atom stereocenters. The summed E-state index contributed by atoms with van der Waals surface area (Å²) in [5, 5.41) is 9.66. The van der Waals surface area contributed by atoms with Gasteiger partial charge in [-0.1, -0.05) is 19.3 Å². The number of carboxylic acids is 1. The van der Waals surface area contributed by atoms with Crippen LogP contribution in [0.25, 0.3) is 10.2 Å². The summed E-state index contributed by atoms with van der Waals surface area (Å²) in [6.45, 7) is 0. The Morgan fingerprint density at radius 3 is 2.65 bits per heavy atom. The third kappa shape index (κ3) is 2.18. The third-order valence-electron chi connectivity index (χ3n) is 3.76. The van der Waals surface area contributed by atoms with Gasteiger partial charge in [-0.15, -0.1) is 11.3 Å². The van der Waals surface area contributed by atoms with Crippen LogP contribution in [0.5, 0.6) is 0 Å². The normalized spacial score (nSPS) is 16.7. The van der Waals surface area contributed by atoms with Crippen molar-refractivity contribution in [3.05, 3.63) is 28.3 Å². The second-order valence-corrected chi connectivity index (χ2v) is 6.12. The summed E-state index contributed by atoms with van der Waals surface area (Å²) in [5.41, 5.74) is -0.674. The molecule has 3 rings (SSSR count). The molecular weight excluding hydrogens is 284 g/mol. The minimum atomic E-state index is -1.59. The number of halogens is 2. The van der Waals surface area contributed by atoms with Crippen LogP contribution in [-0.2, 0) is 0 Å². The van der Waals surface area contributed by atoms with E-state index in [1.807, 2.05) is 0 Å². The molecule has 106 valence electrons. The lowest BCUT2D eigenvalue weighted by atomic mass is 9.90. The quantitative estimate of drug-likeness (QED) is 0.898. The average molecular weight is 297 g/mol. The molecule has 0 aliphatic heterocycles. The van der Waals surface area contributed by atoms with Crippen LogP contribution in [0.3, 0.4) is 0 Å². The van der Waals surface area contributed by atoms with Gasteiger partial charge in [0.25, 0.3) is 0 Å². The number of nitrogens with zero attached hydrogens (tertiary/aromatic N) is 1. The summed E-state index contributed by atoms with van der Waals surface area (Å²) in [7, 11) is 0. The van der Waals surface area contributed by atoms with Crippen LogP contribution in [0.1, 0.15) is 53.4 Å². The molecular formula is C14H13F2NO2S. The number of aromatic carboxylic acids is 1. The van der Waals surface area contributed by atoms with Gasteiger partial charge in [0.05, 0.1) is 15.2 Å². The van der Waals surface area contributed by atoms with Crippen LogP contribution < -0.4 is 0 Å². The van der Waals surface area contributed by atoms with Gasteiger partial charge >= 0.3 is 5.97 Å². The van der Waals surface area contributed by atoms with Gasteiger partial charge in [0.15, 0.2) is 5.82 Å². The molecule has 1 N–H and O–H groups in total. The van der Waals surface area contributed by atoms with E-state index in [1.54, 1.807) is 0 Å². The van der Waals surface area contributed by atoms with Crippen LogP contribution in [0.4, 0.5) is 8.78 Å². The molecule has 3 nitrogen and oxygen atoms in total. The Balaban J connectivity index is 2.11. The number of carbonyl (C=O) groups is 1. The summed E-state index contributed by atoms with van der Waals surface area (Å²) in [5.74, 6) is -3.37. The van der Waals surface area contributed by atoms with Crippen molar-refractivity contribution in [3.8, 4) is 0 Å². The smallest absolute Gasteiger partial charge is 0.341 e. The molecule has 0 saturated heterocycles. The van der Waals surface area contributed by atoms with E-state index in [9.17, 15) is 13.6 Å². The minimum Gasteiger partial charge on any atom is -0.477 e. The lowest BCUT2D eigenvalue weighted by molar-refractivity contribution is 0.0687. The predicted molar refractivity (Wildman–Crippen MR) is 72.3 cm³/mol. The maximum Gasteiger partial charge on any atom is 0.341 e. The number of hydrogen-bond donors (Lipinski definition) is 1. The molecule has 1 aromatic carbocycles. The topological polar surface area (TPSA) is 50.2 Å². The van der Waals surface area contributed by atoms with Crippen molar-refractivity contribution in [1.82, 2.24) is 4.98 Å². The lowest BCUT2D eigenvalue weighted by Crippen LogP contribution is -2.04. The van der Waals surface area contributed by atoms with Crippen molar-refractivity contribution >= 4 is 27.5 Å². The zero-order chi connectivity index (χ0) is 14.3. The van der Waals surface area contributed by atoms with E-state index >= 15 is 0 Å². The van der Waals surface area contributed by atoms with Gasteiger partial charge in [0.1, 0.15) is 11.4 Å². The fourth-order valence-corrected chi connectivity index (χ4v) is 3.89. The molecule has 20 heavy (non-hydrogen) atoms. The van der Waals surface area contributed by atoms with Crippen LogP contribution in [-0.4, -0.2) is 16.1 Å². The Kier molecular flexibility index (Phi) is 3.41. The lowest BCUT2D eigenvalue weighted by Gasteiger charge is -2.18. The highest BCUT2D eigenvalue weighted by Crippen LogP contribution is 2.38. The second-order valence-electron chi connectivity index (χ2n) is 5.09. The molecule has 0 atom stereocenters. The second kappa shape index (κ2) is 5.09. The van der Waals surface area contributed by atoms with Crippen LogP contribution in [0.2, 0.25) is 0 Å². The number of carboxylic acid groups (broad SMARTS) is 1. The minimum absolute atomic E-state index is 0.143. The number of thiazole rings is 1. The first-order chi connectivity index (χ1) is 9.58. The van der Waals surface area contributed by atoms with Gasteiger partial charge in [0.2, 0.25) is 0 Å². The van der Waals surface area contributed by atoms with E-state index in [0.717, 1.165) is 48.1 Å². The summed E-state index contributed by atoms with van der Waals surface area (Å²) in [6, 6.07) is 1.02. The van der Waals surface area contributed by atoms with Crippen molar-refractivity contribution in [2.45, 2.75) is 38.0 Å². The summed E-state index contributed by atoms with van der Waals surface area (Å²) in [6.07, 6.45) is 5.47. The zero-order valence-electron chi connectivity index (χ0n) is 10.7. The number of fused-ring (bicyclic) bond motifs is 1. The van der Waals surface area contributed by atoms with Crippen LogP contribution in [0.15, 0.2) is 6.07 Å². The van der Waals surface area contributed by atoms with E-state index < -0.39 is 23.2 Å². The van der Waals surface area contributed by atoms with Crippen LogP contribution >= 0.6 is 11.3 Å². The highest BCUT2D eigenvalue weighted by molar-refractivity contribution is 7.18. The molecule has 1 aromatic heterocycles. The van der Waals surface area contributed by atoms with E-state index in [2.05, 4.69) is 4.98 Å². The SMILES string of the molecule is O=C(O)c1c(F)cc2nc(C3CCCCC3)sc2c1F. The van der Waals surface area contributed by atoms with Crippen molar-refractivity contribution < 1.29 is 18.7 Å². The number of aromatic nitrogens is 1. The summed E-state index contributed by atoms with van der Waals surface area (Å²) < 4.78 is 27.9. The van der Waals surface area contributed by atoms with Gasteiger partial charge in [-0.2, -0.15) is 0 Å². The number of hydrogen-bond acceptors (Lipinski definition) is 3. The Morgan fingerprint density at radius 1 is 1.30 bits per heavy atom. The van der Waals surface area contributed by atoms with E-state index in [1.165, 1.54) is 6.42 Å². The molecule has 6 heteroatoms. The maximum absolute atomic E-state index is 14.1. The van der Waals surface area contributed by atoms with Gasteiger partial charge < -0.3 is 5.11 Å². The summed E-state index contributed by atoms with van der Waals surface area (Å²) >= 11 is 1.15. The first-order valence-corrected chi connectivity index (χ1v) is 7.41. The maximum atomic E-state index is 14.1. The molecule has 1 saturated carbocycles. The molecule has 1 fully saturated rings. The van der Waals surface area contributed by atoms with E-state index in [-0.39, 0.29) is 16.1 Å². The fourth-order valence-electron chi connectivity index (χ4n) is 2.74. The van der Waals surface area contributed by atoms with E-state index in [4.69, 9.17) is 5.11 Å². The van der Waals surface area contributed by atoms with Crippen molar-refractivity contribution in [3.63, 3.8) is 0 Å². The van der Waals surface area contributed by atoms with Crippen molar-refractivity contribution in [2.75, 3.05) is 0 Å². The Labute approximate surface area is 118 Å². The fraction of sp³-hybridized carbons (Fsp3) is 0.429. The van der Waals surface area contributed by atoms with Crippen molar-refractivity contribution in [2.24, 2.45) is 0 Å². The van der Waals surface area contributed by atoms with Gasteiger partial charge in [-0.3, -0.25) is 0 Å². The molecule has 1 aliphatic carbocycles. The largest absolute Gasteiger partial charge is 0.477 e. The highest BCUT2D eigenvalue weighted by Gasteiger charge is 2.25. The third-order valence-corrected chi connectivity index (χ3v) is 4.99. The van der Waals surface area contributed by atoms with Crippen LogP contribution in [0, 0.1) is 11.6 Å². The van der Waals surface area contributed by atoms with E-state index in [0.29, 0.717) is 0 Å². The van der Waals surface area contributed by atoms with Gasteiger partial charge in [-0.25, -0.2) is 18.6 Å². The molecule has 0 radical (unpaired) electrons. The monoisotopic (exact) mass is 297 g/mol. The first kappa shape index (κ1) is 13.4. The molecule has 0 bridgehead atoms. The Hall–Kier alpha value is -1.56. The molecule has 2 aromatic rings. The Bertz CT molecular complexity index is 677. The summed E-state index contributed by atoms with van der Waals surface area (Å²) in [4.78, 5) is 15.2. The number of benzene rings is 1. The molecule has 0 amide bonds. The first-order valence-electron chi connectivity index (χ1n) is 6.59. The molecule has 1 aliphatic rings. The molecule has 0 spiro atoms. The average Bonchev–Trinajstić information content (AvgIpc) is 2.83.